The predicted octanol–water partition coefficient (Wildman–Crippen LogP) is 4.10. The number of epoxide rings is 1. The molecule has 0 amide bonds. The van der Waals surface area contributed by atoms with E-state index in [1.54, 1.807) is 36.4 Å². The first-order chi connectivity index (χ1) is 9.12. The van der Waals surface area contributed by atoms with Crippen LogP contribution < -0.4 is 0 Å². The van der Waals surface area contributed by atoms with Crippen LogP contribution in [0.15, 0.2) is 48.5 Å². The third-order valence-corrected chi connectivity index (χ3v) is 3.65. The van der Waals surface area contributed by atoms with E-state index in [1.165, 1.54) is 0 Å². The van der Waals surface area contributed by atoms with Crippen molar-refractivity contribution >= 4 is 29.0 Å². The number of hydrogen-bond acceptors (Lipinski definition) is 2. The SMILES string of the molecule is O=C(c1cccc(Cl)c1)C1(c2cccc(Cl)c2)CO1. The Morgan fingerprint density at radius 1 is 1.05 bits per heavy atom. The summed E-state index contributed by atoms with van der Waals surface area (Å²) in [7, 11) is 0. The molecule has 0 spiro atoms. The lowest BCUT2D eigenvalue weighted by atomic mass is 9.91. The first kappa shape index (κ1) is 12.7. The Kier molecular flexibility index (Phi) is 3.09. The third-order valence-electron chi connectivity index (χ3n) is 3.18. The van der Waals surface area contributed by atoms with Gasteiger partial charge in [0.25, 0.3) is 0 Å². The summed E-state index contributed by atoms with van der Waals surface area (Å²) in [5.74, 6) is -0.0859. The third kappa shape index (κ3) is 2.27. The molecule has 2 aromatic carbocycles. The van der Waals surface area contributed by atoms with Gasteiger partial charge in [-0.05, 0) is 29.8 Å². The van der Waals surface area contributed by atoms with Crippen molar-refractivity contribution < 1.29 is 9.53 Å². The number of carbonyl (C=O) groups is 1. The van der Waals surface area contributed by atoms with Crippen molar-refractivity contribution in [1.82, 2.24) is 0 Å². The van der Waals surface area contributed by atoms with E-state index < -0.39 is 5.60 Å². The monoisotopic (exact) mass is 292 g/mol. The molecule has 1 heterocycles. The lowest BCUT2D eigenvalue weighted by molar-refractivity contribution is 0.0871. The van der Waals surface area contributed by atoms with Crippen molar-refractivity contribution in [2.24, 2.45) is 0 Å². The van der Waals surface area contributed by atoms with Gasteiger partial charge in [-0.3, -0.25) is 4.79 Å². The van der Waals surface area contributed by atoms with Crippen LogP contribution >= 0.6 is 23.2 Å². The maximum Gasteiger partial charge on any atom is 0.201 e. The van der Waals surface area contributed by atoms with Crippen LogP contribution in [-0.2, 0) is 10.3 Å². The highest BCUT2D eigenvalue weighted by Gasteiger charge is 2.53. The zero-order valence-corrected chi connectivity index (χ0v) is 11.4. The lowest BCUT2D eigenvalue weighted by Gasteiger charge is -2.11. The summed E-state index contributed by atoms with van der Waals surface area (Å²) in [4.78, 5) is 12.6. The number of hydrogen-bond donors (Lipinski definition) is 0. The summed E-state index contributed by atoms with van der Waals surface area (Å²) in [6.45, 7) is 0.374. The van der Waals surface area contributed by atoms with E-state index in [0.717, 1.165) is 5.56 Å². The quantitative estimate of drug-likeness (QED) is 0.630. The van der Waals surface area contributed by atoms with Gasteiger partial charge in [-0.15, -0.1) is 0 Å². The number of ether oxygens (including phenoxy) is 1. The second-order valence-electron chi connectivity index (χ2n) is 4.47. The summed E-state index contributed by atoms with van der Waals surface area (Å²) in [5.41, 5.74) is 0.435. The van der Waals surface area contributed by atoms with Gasteiger partial charge in [-0.2, -0.15) is 0 Å². The van der Waals surface area contributed by atoms with Crippen molar-refractivity contribution in [3.05, 3.63) is 69.7 Å². The molecule has 0 aliphatic carbocycles. The Hall–Kier alpha value is -1.35. The number of carbonyl (C=O) groups excluding carboxylic acids is 1. The minimum absolute atomic E-state index is 0.0859. The highest BCUT2D eigenvalue weighted by Crippen LogP contribution is 2.42. The zero-order valence-electron chi connectivity index (χ0n) is 9.90. The van der Waals surface area contributed by atoms with E-state index in [1.807, 2.05) is 12.1 Å². The summed E-state index contributed by atoms with van der Waals surface area (Å²) < 4.78 is 5.44. The molecule has 1 aliphatic heterocycles. The van der Waals surface area contributed by atoms with Gasteiger partial charge in [0, 0.05) is 15.6 Å². The molecule has 2 aromatic rings. The van der Waals surface area contributed by atoms with Crippen LogP contribution in [0.25, 0.3) is 0 Å². The molecule has 4 heteroatoms. The molecule has 0 saturated carbocycles. The number of rotatable bonds is 3. The van der Waals surface area contributed by atoms with Gasteiger partial charge in [0.1, 0.15) is 0 Å². The van der Waals surface area contributed by atoms with Gasteiger partial charge in [-0.1, -0.05) is 47.5 Å². The van der Waals surface area contributed by atoms with Gasteiger partial charge >= 0.3 is 0 Å². The summed E-state index contributed by atoms with van der Waals surface area (Å²) in [6.07, 6.45) is 0. The maximum atomic E-state index is 12.6. The lowest BCUT2D eigenvalue weighted by Crippen LogP contribution is -2.22. The van der Waals surface area contributed by atoms with Crippen LogP contribution in [0.1, 0.15) is 15.9 Å². The summed E-state index contributed by atoms with van der Waals surface area (Å²) >= 11 is 11.9. The fourth-order valence-corrected chi connectivity index (χ4v) is 2.48. The van der Waals surface area contributed by atoms with Crippen LogP contribution in [0.5, 0.6) is 0 Å². The van der Waals surface area contributed by atoms with Gasteiger partial charge in [-0.25, -0.2) is 0 Å². The Morgan fingerprint density at radius 3 is 2.26 bits per heavy atom. The first-order valence-electron chi connectivity index (χ1n) is 5.82. The molecule has 1 aliphatic rings. The average molecular weight is 293 g/mol. The minimum atomic E-state index is -0.893. The van der Waals surface area contributed by atoms with Gasteiger partial charge in [0.15, 0.2) is 5.60 Å². The van der Waals surface area contributed by atoms with Crippen LogP contribution in [0, 0.1) is 0 Å². The van der Waals surface area contributed by atoms with Gasteiger partial charge in [0.05, 0.1) is 6.61 Å². The molecule has 1 saturated heterocycles. The van der Waals surface area contributed by atoms with E-state index in [0.29, 0.717) is 22.2 Å². The number of Topliss-reactive ketones (excluding diaryl/α,β-unsaturated/α-hetero) is 1. The van der Waals surface area contributed by atoms with E-state index in [-0.39, 0.29) is 5.78 Å². The van der Waals surface area contributed by atoms with Crippen LogP contribution in [0.3, 0.4) is 0 Å². The second-order valence-corrected chi connectivity index (χ2v) is 5.34. The van der Waals surface area contributed by atoms with E-state index in [2.05, 4.69) is 0 Å². The molecular formula is C15H10Cl2O2. The van der Waals surface area contributed by atoms with Crippen molar-refractivity contribution in [2.45, 2.75) is 5.60 Å². The molecule has 1 unspecified atom stereocenters. The standard InChI is InChI=1S/C15H10Cl2O2/c16-12-5-1-3-10(7-12)14(18)15(9-19-15)11-4-2-6-13(17)8-11/h1-8H,9H2. The number of ketones is 1. The molecule has 0 radical (unpaired) electrons. The highest BCUT2D eigenvalue weighted by molar-refractivity contribution is 6.31. The smallest absolute Gasteiger partial charge is 0.201 e. The normalized spacial score (nSPS) is 21.2. The Labute approximate surface area is 120 Å². The molecule has 19 heavy (non-hydrogen) atoms. The van der Waals surface area contributed by atoms with Gasteiger partial charge < -0.3 is 4.74 Å². The van der Waals surface area contributed by atoms with Crippen LogP contribution in [0.4, 0.5) is 0 Å². The fourth-order valence-electron chi connectivity index (χ4n) is 2.10. The molecular weight excluding hydrogens is 283 g/mol. The Balaban J connectivity index is 2.00. The van der Waals surface area contributed by atoms with E-state index >= 15 is 0 Å². The molecule has 2 nitrogen and oxygen atoms in total. The minimum Gasteiger partial charge on any atom is -0.356 e. The molecule has 3 rings (SSSR count). The zero-order chi connectivity index (χ0) is 13.5. The summed E-state index contributed by atoms with van der Waals surface area (Å²) in [6, 6.07) is 14.1. The van der Waals surface area contributed by atoms with Crippen molar-refractivity contribution in [2.75, 3.05) is 6.61 Å². The number of halogens is 2. The highest BCUT2D eigenvalue weighted by atomic mass is 35.5. The second kappa shape index (κ2) is 4.64. The average Bonchev–Trinajstić information content (AvgIpc) is 3.19. The molecule has 96 valence electrons. The molecule has 0 bridgehead atoms. The first-order valence-corrected chi connectivity index (χ1v) is 6.58. The van der Waals surface area contributed by atoms with E-state index in [9.17, 15) is 4.79 Å². The fraction of sp³-hybridized carbons (Fsp3) is 0.133. The maximum absolute atomic E-state index is 12.6. The molecule has 1 atom stereocenters. The molecule has 0 aromatic heterocycles. The van der Waals surface area contributed by atoms with E-state index in [4.69, 9.17) is 27.9 Å². The van der Waals surface area contributed by atoms with Crippen molar-refractivity contribution in [3.8, 4) is 0 Å². The van der Waals surface area contributed by atoms with Crippen LogP contribution in [-0.4, -0.2) is 12.4 Å². The summed E-state index contributed by atoms with van der Waals surface area (Å²) in [5, 5.41) is 1.12. The Bertz CT molecular complexity index is 648. The molecule has 0 N–H and O–H groups in total. The topological polar surface area (TPSA) is 29.6 Å². The Morgan fingerprint density at radius 2 is 1.68 bits per heavy atom. The predicted molar refractivity (Wildman–Crippen MR) is 74.9 cm³/mol. The van der Waals surface area contributed by atoms with Crippen molar-refractivity contribution in [3.63, 3.8) is 0 Å². The van der Waals surface area contributed by atoms with Gasteiger partial charge in [0.2, 0.25) is 5.78 Å². The number of benzene rings is 2. The molecule has 1 fully saturated rings. The largest absolute Gasteiger partial charge is 0.356 e. The van der Waals surface area contributed by atoms with Crippen molar-refractivity contribution in [1.29, 1.82) is 0 Å². The van der Waals surface area contributed by atoms with Crippen LogP contribution in [0.2, 0.25) is 10.0 Å².